The van der Waals surface area contributed by atoms with Crippen LogP contribution in [0.5, 0.6) is 0 Å². The summed E-state index contributed by atoms with van der Waals surface area (Å²) >= 11 is 0. The first-order valence-corrected chi connectivity index (χ1v) is 5.92. The van der Waals surface area contributed by atoms with Gasteiger partial charge in [-0.05, 0) is 6.42 Å². The Balaban J connectivity index is 0. The molecule has 0 heterocycles. The van der Waals surface area contributed by atoms with Crippen LogP contribution in [0.15, 0.2) is 60.7 Å². The molecule has 0 aliphatic carbocycles. The third-order valence-electron chi connectivity index (χ3n) is 1.87. The molecule has 1 N–H and O–H groups in total. The Morgan fingerprint density at radius 3 is 1.83 bits per heavy atom. The number of carbonyl (C=O) groups is 1. The zero-order chi connectivity index (χ0) is 12.6. The summed E-state index contributed by atoms with van der Waals surface area (Å²) in [5, 5.41) is 2.57. The van der Waals surface area contributed by atoms with Gasteiger partial charge in [-0.1, -0.05) is 13.3 Å². The molecule has 3 heteroatoms. The van der Waals surface area contributed by atoms with Crippen molar-refractivity contribution in [2.45, 2.75) is 19.8 Å². The summed E-state index contributed by atoms with van der Waals surface area (Å²) in [6, 6.07) is 20.0. The molecule has 0 bridgehead atoms. The average molecular weight is 287 g/mol. The quantitative estimate of drug-likeness (QED) is 0.397. The number of hydrogen-bond donors (Lipinski definition) is 1. The largest absolute Gasteiger partial charge is 0.748 e. The van der Waals surface area contributed by atoms with Crippen molar-refractivity contribution in [3.8, 4) is 0 Å². The summed E-state index contributed by atoms with van der Waals surface area (Å²) in [4.78, 5) is 9.57. The van der Waals surface area contributed by atoms with Gasteiger partial charge in [-0.3, -0.25) is 4.79 Å². The van der Waals surface area contributed by atoms with Gasteiger partial charge in [-0.25, -0.2) is 12.1 Å². The Hall–Kier alpha value is -1.31. The van der Waals surface area contributed by atoms with E-state index in [9.17, 15) is 4.79 Å². The van der Waals surface area contributed by atoms with Gasteiger partial charge in [-0.15, -0.1) is 0 Å². The first-order valence-electron chi connectivity index (χ1n) is 5.92. The molecule has 106 valence electrons. The average Bonchev–Trinajstić information content (AvgIpc) is 3.08. The van der Waals surface area contributed by atoms with E-state index in [0.29, 0.717) is 0 Å². The number of nitrogens with one attached hydrogen (secondary N) is 1. The van der Waals surface area contributed by atoms with Crippen molar-refractivity contribution < 1.29 is 21.9 Å². The molecule has 0 aliphatic heterocycles. The molecule has 2 nitrogen and oxygen atoms in total. The Kier molecular flexibility index (Phi) is 19.1. The zero-order valence-corrected chi connectivity index (χ0v) is 11.8. The molecule has 0 unspecified atom stereocenters. The number of amides is 1. The molecular weight excluding hydrogens is 266 g/mol. The fourth-order valence-corrected chi connectivity index (χ4v) is 0.979. The molecule has 0 aliphatic rings. The van der Waals surface area contributed by atoms with E-state index >= 15 is 0 Å². The van der Waals surface area contributed by atoms with Crippen LogP contribution in [0.3, 0.4) is 0 Å². The van der Waals surface area contributed by atoms with Gasteiger partial charge in [0, 0.05) is 23.6 Å². The first-order chi connectivity index (χ1) is 8.41. The van der Waals surface area contributed by atoms with Gasteiger partial charge in [0.1, 0.15) is 0 Å². The summed E-state index contributed by atoms with van der Waals surface area (Å²) in [6.07, 6.45) is 2.95. The Labute approximate surface area is 121 Å². The molecule has 0 spiro atoms. The number of hydrogen-bond acceptors (Lipinski definition) is 1. The molecule has 2 aromatic carbocycles. The van der Waals surface area contributed by atoms with Gasteiger partial charge in [0.25, 0.3) is 0 Å². The van der Waals surface area contributed by atoms with Crippen molar-refractivity contribution in [1.29, 1.82) is 0 Å². The van der Waals surface area contributed by atoms with E-state index in [0.717, 1.165) is 25.8 Å². The Bertz CT molecular complexity index is 242. The van der Waals surface area contributed by atoms with E-state index in [1.807, 2.05) is 60.7 Å². The van der Waals surface area contributed by atoms with Gasteiger partial charge >= 0.3 is 0 Å². The topological polar surface area (TPSA) is 29.1 Å². The molecule has 1 amide bonds. The molecule has 0 fully saturated rings. The van der Waals surface area contributed by atoms with Gasteiger partial charge in [-0.2, -0.15) is 18.2 Å². The maximum absolute atomic E-state index is 9.57. The van der Waals surface area contributed by atoms with Crippen LogP contribution in [-0.2, 0) is 21.9 Å². The van der Waals surface area contributed by atoms with E-state index in [2.05, 4.69) is 12.2 Å². The normalized spacial score (nSPS) is 7.61. The van der Waals surface area contributed by atoms with Crippen LogP contribution in [0, 0.1) is 0 Å². The van der Waals surface area contributed by atoms with Crippen LogP contribution in [0.2, 0.25) is 0 Å². The molecule has 2 aromatic rings. The van der Waals surface area contributed by atoms with Crippen molar-refractivity contribution >= 4 is 6.41 Å². The minimum Gasteiger partial charge on any atom is -0.748 e. The van der Waals surface area contributed by atoms with Crippen LogP contribution in [0.1, 0.15) is 19.8 Å². The minimum absolute atomic E-state index is 0. The molecule has 0 aromatic heterocycles. The van der Waals surface area contributed by atoms with Gasteiger partial charge in [0.15, 0.2) is 0 Å². The second-order valence-electron chi connectivity index (χ2n) is 3.35. The molecule has 0 radical (unpaired) electrons. The number of carbonyl (C=O) groups excluding carboxylic acids is 1. The van der Waals surface area contributed by atoms with Crippen LogP contribution in [-0.4, -0.2) is 13.0 Å². The monoisotopic (exact) mass is 287 g/mol. The van der Waals surface area contributed by atoms with E-state index in [-0.39, 0.29) is 17.1 Å². The smallest absolute Gasteiger partial charge is 0.207 e. The number of unbranched alkanes of at least 4 members (excludes halogenated alkanes) is 1. The van der Waals surface area contributed by atoms with E-state index in [1.165, 1.54) is 0 Å². The summed E-state index contributed by atoms with van der Waals surface area (Å²) in [5.41, 5.74) is 0. The maximum atomic E-state index is 9.57. The molecule has 2 rings (SSSR count). The van der Waals surface area contributed by atoms with Crippen molar-refractivity contribution in [2.24, 2.45) is 0 Å². The van der Waals surface area contributed by atoms with Gasteiger partial charge < -0.3 is 35.6 Å². The van der Waals surface area contributed by atoms with E-state index in [4.69, 9.17) is 0 Å². The summed E-state index contributed by atoms with van der Waals surface area (Å²) in [6.45, 7) is 2.91. The second-order valence-corrected chi connectivity index (χ2v) is 3.35. The predicted molar refractivity (Wildman–Crippen MR) is 73.0 cm³/mol. The van der Waals surface area contributed by atoms with Crippen molar-refractivity contribution in [1.82, 2.24) is 5.32 Å². The molecular formula is C15H21FeNO-6. The third kappa shape index (κ3) is 17.1. The molecule has 0 atom stereocenters. The summed E-state index contributed by atoms with van der Waals surface area (Å²) in [5.74, 6) is 0. The van der Waals surface area contributed by atoms with Gasteiger partial charge in [0.05, 0.1) is 0 Å². The Morgan fingerprint density at radius 2 is 1.56 bits per heavy atom. The molecule has 0 saturated carbocycles. The summed E-state index contributed by atoms with van der Waals surface area (Å²) < 4.78 is 0. The SMILES string of the molecule is CCCCNC=O.[Fe].[cH-]1[cH-][cH-][cH-][cH-]1.c1cc[cH-]c1. The van der Waals surface area contributed by atoms with Crippen LogP contribution in [0.25, 0.3) is 0 Å². The zero-order valence-electron chi connectivity index (χ0n) is 10.7. The van der Waals surface area contributed by atoms with Crippen molar-refractivity contribution in [3.05, 3.63) is 60.7 Å². The van der Waals surface area contributed by atoms with E-state index in [1.54, 1.807) is 0 Å². The minimum atomic E-state index is 0. The number of rotatable bonds is 4. The van der Waals surface area contributed by atoms with E-state index < -0.39 is 0 Å². The first kappa shape index (κ1) is 19.0. The maximum Gasteiger partial charge on any atom is 0.207 e. The van der Waals surface area contributed by atoms with Gasteiger partial charge in [0.2, 0.25) is 6.41 Å². The standard InChI is InChI=1S/C5H11NO.2C5H5.Fe/c1-2-3-4-6-5-7;2*1-2-4-5-3-1;/h5H,2-4H2,1H3,(H,6,7);2*1-5H;/q;-5;-1;. The van der Waals surface area contributed by atoms with Crippen LogP contribution >= 0.6 is 0 Å². The summed E-state index contributed by atoms with van der Waals surface area (Å²) in [7, 11) is 0. The van der Waals surface area contributed by atoms with Crippen LogP contribution < -0.4 is 5.32 Å². The molecule has 0 saturated heterocycles. The Morgan fingerprint density at radius 1 is 1.06 bits per heavy atom. The van der Waals surface area contributed by atoms with Crippen molar-refractivity contribution in [3.63, 3.8) is 0 Å². The third-order valence-corrected chi connectivity index (χ3v) is 1.87. The fourth-order valence-electron chi connectivity index (χ4n) is 0.979. The van der Waals surface area contributed by atoms with Crippen LogP contribution in [0.4, 0.5) is 0 Å². The van der Waals surface area contributed by atoms with Crippen molar-refractivity contribution in [2.75, 3.05) is 6.54 Å². The fraction of sp³-hybridized carbons (Fsp3) is 0.267. The molecule has 18 heavy (non-hydrogen) atoms. The second kappa shape index (κ2) is 18.1. The predicted octanol–water partition coefficient (Wildman–Crippen LogP) is 3.34.